The van der Waals surface area contributed by atoms with Crippen LogP contribution in [0.25, 0.3) is 0 Å². The molecule has 1 aliphatic carbocycles. The van der Waals surface area contributed by atoms with Gasteiger partial charge < -0.3 is 9.47 Å². The highest BCUT2D eigenvalue weighted by Gasteiger charge is 2.49. The monoisotopic (exact) mass is 588 g/mol. The van der Waals surface area contributed by atoms with Gasteiger partial charge in [-0.25, -0.2) is 9.59 Å². The zero-order valence-corrected chi connectivity index (χ0v) is 27.2. The van der Waals surface area contributed by atoms with E-state index in [1.807, 2.05) is 36.4 Å². The molecule has 0 bridgehead atoms. The van der Waals surface area contributed by atoms with Gasteiger partial charge in [0, 0.05) is 5.92 Å². The molecule has 44 heavy (non-hydrogen) atoms. The van der Waals surface area contributed by atoms with Crippen LogP contribution in [0, 0.1) is 6.92 Å². The lowest BCUT2D eigenvalue weighted by molar-refractivity contribution is -0.0535. The van der Waals surface area contributed by atoms with Crippen LogP contribution in [-0.2, 0) is 20.3 Å². The number of benzene rings is 4. The number of hydrogen-bond donors (Lipinski definition) is 0. The SMILES string of the molecule is Cc1cccc(C(C)(C)C)c1C1c2c(cccc2C(C)(C)C)C(C)C(OC(=O)c2ccccc2)C1OC(=O)c1ccccc1. The molecule has 5 rings (SSSR count). The molecule has 0 N–H and O–H groups in total. The maximum Gasteiger partial charge on any atom is 0.338 e. The summed E-state index contributed by atoms with van der Waals surface area (Å²) in [6, 6.07) is 30.9. The number of ether oxygens (including phenoxy) is 2. The average molecular weight is 589 g/mol. The Balaban J connectivity index is 1.80. The molecule has 0 heterocycles. The van der Waals surface area contributed by atoms with Gasteiger partial charge in [0.2, 0.25) is 0 Å². The first-order valence-corrected chi connectivity index (χ1v) is 15.5. The van der Waals surface area contributed by atoms with Crippen LogP contribution in [0.1, 0.15) is 114 Å². The van der Waals surface area contributed by atoms with Crippen molar-refractivity contribution in [3.63, 3.8) is 0 Å². The Bertz CT molecular complexity index is 1640. The highest BCUT2D eigenvalue weighted by Crippen LogP contribution is 2.51. The maximum atomic E-state index is 13.9. The van der Waals surface area contributed by atoms with E-state index in [-0.39, 0.29) is 22.7 Å². The summed E-state index contributed by atoms with van der Waals surface area (Å²) in [5.41, 5.74) is 7.43. The van der Waals surface area contributed by atoms with Gasteiger partial charge in [0.15, 0.2) is 6.10 Å². The van der Waals surface area contributed by atoms with Crippen molar-refractivity contribution in [2.45, 2.75) is 90.3 Å². The zero-order valence-electron chi connectivity index (χ0n) is 27.2. The zero-order chi connectivity index (χ0) is 31.8. The van der Waals surface area contributed by atoms with Gasteiger partial charge in [-0.05, 0) is 75.4 Å². The fourth-order valence-electron chi connectivity index (χ4n) is 6.69. The number of carbonyl (C=O) groups is 2. The fraction of sp³-hybridized carbons (Fsp3) is 0.350. The molecule has 4 unspecified atom stereocenters. The second-order valence-corrected chi connectivity index (χ2v) is 14.1. The third-order valence-corrected chi connectivity index (χ3v) is 8.84. The minimum absolute atomic E-state index is 0.185. The van der Waals surface area contributed by atoms with Crippen LogP contribution in [0.2, 0.25) is 0 Å². The first-order valence-electron chi connectivity index (χ1n) is 15.5. The maximum absolute atomic E-state index is 13.9. The molecule has 0 saturated carbocycles. The molecule has 0 aromatic heterocycles. The summed E-state index contributed by atoms with van der Waals surface area (Å²) >= 11 is 0. The molecule has 4 aromatic carbocycles. The summed E-state index contributed by atoms with van der Waals surface area (Å²) in [6.45, 7) is 17.5. The van der Waals surface area contributed by atoms with Gasteiger partial charge in [-0.2, -0.15) is 0 Å². The molecule has 4 nitrogen and oxygen atoms in total. The molecule has 228 valence electrons. The summed E-state index contributed by atoms with van der Waals surface area (Å²) in [4.78, 5) is 27.6. The third kappa shape index (κ3) is 6.08. The highest BCUT2D eigenvalue weighted by molar-refractivity contribution is 5.90. The van der Waals surface area contributed by atoms with Gasteiger partial charge in [-0.1, -0.05) is 121 Å². The number of fused-ring (bicyclic) bond motifs is 1. The smallest absolute Gasteiger partial charge is 0.338 e. The van der Waals surface area contributed by atoms with Crippen molar-refractivity contribution >= 4 is 11.9 Å². The van der Waals surface area contributed by atoms with Crippen LogP contribution in [0.5, 0.6) is 0 Å². The van der Waals surface area contributed by atoms with Crippen LogP contribution < -0.4 is 0 Å². The van der Waals surface area contributed by atoms with Gasteiger partial charge in [0.1, 0.15) is 6.10 Å². The Labute approximate surface area is 262 Å². The van der Waals surface area contributed by atoms with E-state index in [1.54, 1.807) is 24.3 Å². The van der Waals surface area contributed by atoms with Gasteiger partial charge in [0.05, 0.1) is 17.0 Å². The van der Waals surface area contributed by atoms with Crippen molar-refractivity contribution in [2.24, 2.45) is 0 Å². The lowest BCUT2D eigenvalue weighted by atomic mass is 9.64. The summed E-state index contributed by atoms with van der Waals surface area (Å²) in [5.74, 6) is -1.46. The van der Waals surface area contributed by atoms with E-state index in [1.165, 1.54) is 11.1 Å². The molecule has 0 fully saturated rings. The molecule has 0 radical (unpaired) electrons. The van der Waals surface area contributed by atoms with E-state index >= 15 is 0 Å². The minimum Gasteiger partial charge on any atom is -0.454 e. The van der Waals surface area contributed by atoms with Crippen molar-refractivity contribution in [3.05, 3.63) is 142 Å². The van der Waals surface area contributed by atoms with Crippen molar-refractivity contribution in [1.82, 2.24) is 0 Å². The predicted molar refractivity (Wildman–Crippen MR) is 177 cm³/mol. The Kier molecular flexibility index (Phi) is 8.57. The molecule has 4 heteroatoms. The third-order valence-electron chi connectivity index (χ3n) is 8.84. The Hall–Kier alpha value is -4.18. The van der Waals surface area contributed by atoms with Crippen molar-refractivity contribution in [2.75, 3.05) is 0 Å². The second-order valence-electron chi connectivity index (χ2n) is 14.1. The molecular formula is C40H44O4. The van der Waals surface area contributed by atoms with Gasteiger partial charge in [0.25, 0.3) is 0 Å². The number of esters is 2. The van der Waals surface area contributed by atoms with Crippen LogP contribution in [-0.4, -0.2) is 24.1 Å². The normalized spacial score (nSPS) is 20.0. The summed E-state index contributed by atoms with van der Waals surface area (Å²) in [6.07, 6.45) is -1.50. The van der Waals surface area contributed by atoms with E-state index in [0.29, 0.717) is 11.1 Å². The lowest BCUT2D eigenvalue weighted by Gasteiger charge is -2.46. The van der Waals surface area contributed by atoms with E-state index in [9.17, 15) is 9.59 Å². The largest absolute Gasteiger partial charge is 0.454 e. The Morgan fingerprint density at radius 1 is 0.568 bits per heavy atom. The molecule has 0 saturated heterocycles. The number of rotatable bonds is 5. The predicted octanol–water partition coefficient (Wildman–Crippen LogP) is 9.29. The molecule has 4 atom stereocenters. The number of hydrogen-bond acceptors (Lipinski definition) is 4. The molecular weight excluding hydrogens is 544 g/mol. The van der Waals surface area contributed by atoms with Crippen LogP contribution in [0.15, 0.2) is 97.1 Å². The Morgan fingerprint density at radius 3 is 1.52 bits per heavy atom. The summed E-state index contributed by atoms with van der Waals surface area (Å²) in [5, 5.41) is 0. The van der Waals surface area contributed by atoms with Crippen LogP contribution >= 0.6 is 0 Å². The molecule has 0 aliphatic heterocycles. The van der Waals surface area contributed by atoms with Crippen LogP contribution in [0.3, 0.4) is 0 Å². The van der Waals surface area contributed by atoms with E-state index in [2.05, 4.69) is 91.8 Å². The average Bonchev–Trinajstić information content (AvgIpc) is 2.99. The van der Waals surface area contributed by atoms with Crippen molar-refractivity contribution in [3.8, 4) is 0 Å². The first kappa shape index (κ1) is 31.3. The van der Waals surface area contributed by atoms with Gasteiger partial charge >= 0.3 is 11.9 Å². The van der Waals surface area contributed by atoms with Gasteiger partial charge in [-0.15, -0.1) is 0 Å². The molecule has 4 aromatic rings. The van der Waals surface area contributed by atoms with E-state index in [0.717, 1.165) is 22.3 Å². The second kappa shape index (κ2) is 12.1. The molecule has 0 amide bonds. The lowest BCUT2D eigenvalue weighted by Crippen LogP contribution is -2.48. The summed E-state index contributed by atoms with van der Waals surface area (Å²) in [7, 11) is 0. The molecule has 0 spiro atoms. The molecule has 1 aliphatic rings. The van der Waals surface area contributed by atoms with Crippen molar-refractivity contribution in [1.29, 1.82) is 0 Å². The number of carbonyl (C=O) groups excluding carboxylic acids is 2. The first-order chi connectivity index (χ1) is 20.8. The van der Waals surface area contributed by atoms with E-state index in [4.69, 9.17) is 9.47 Å². The quantitative estimate of drug-likeness (QED) is 0.218. The van der Waals surface area contributed by atoms with Crippen molar-refractivity contribution < 1.29 is 19.1 Å². The standard InChI is InChI=1S/C40H44O4/c1-25-17-15-23-30(39(3,4)5)32(25)34-33-29(22-16-24-31(33)40(6,7)8)26(2)35(43-37(41)27-18-11-9-12-19-27)36(34)44-38(42)28-20-13-10-14-21-28/h9-24,26,34-36H,1-8H3. The Morgan fingerprint density at radius 2 is 1.02 bits per heavy atom. The topological polar surface area (TPSA) is 52.6 Å². The van der Waals surface area contributed by atoms with Crippen LogP contribution in [0.4, 0.5) is 0 Å². The van der Waals surface area contributed by atoms with E-state index < -0.39 is 24.1 Å². The van der Waals surface area contributed by atoms with Gasteiger partial charge in [-0.3, -0.25) is 0 Å². The fourth-order valence-corrected chi connectivity index (χ4v) is 6.69. The number of aryl methyl sites for hydroxylation is 1. The minimum atomic E-state index is -0.774. The summed E-state index contributed by atoms with van der Waals surface area (Å²) < 4.78 is 13.0. The highest BCUT2D eigenvalue weighted by atomic mass is 16.6.